The molecule has 0 spiro atoms. The van der Waals surface area contributed by atoms with Crippen LogP contribution in [0.5, 0.6) is 11.5 Å². The molecule has 2 amide bonds. The van der Waals surface area contributed by atoms with Gasteiger partial charge in [-0.25, -0.2) is 8.42 Å². The molecule has 3 rings (SSSR count). The Hall–Kier alpha value is -3.23. The molecule has 43 heavy (non-hydrogen) atoms. The SMILES string of the molecule is COc1ccc(S(=O)(=O)N(CC(C)C)C[C@@H](O)[C@H](Cc2ccccc2)NC(=O)CN(CC(N)=O)[C@@H]2CCOC2)cc1OC. The molecule has 0 radical (unpaired) electrons. The highest BCUT2D eigenvalue weighted by Gasteiger charge is 2.33. The molecule has 13 heteroatoms. The second-order valence-electron chi connectivity index (χ2n) is 11.1. The fraction of sp³-hybridized carbons (Fsp3) is 0.533. The summed E-state index contributed by atoms with van der Waals surface area (Å²) in [6.45, 7) is 4.29. The van der Waals surface area contributed by atoms with Crippen LogP contribution in [0.2, 0.25) is 0 Å². The summed E-state index contributed by atoms with van der Waals surface area (Å²) in [6.07, 6.45) is -0.353. The fourth-order valence-electron chi connectivity index (χ4n) is 5.05. The van der Waals surface area contributed by atoms with Crippen molar-refractivity contribution in [3.63, 3.8) is 0 Å². The lowest BCUT2D eigenvalue weighted by Crippen LogP contribution is -2.54. The predicted octanol–water partition coefficient (Wildman–Crippen LogP) is 1.02. The van der Waals surface area contributed by atoms with Crippen LogP contribution in [-0.2, 0) is 30.8 Å². The van der Waals surface area contributed by atoms with Crippen molar-refractivity contribution in [3.8, 4) is 11.5 Å². The molecule has 0 saturated carbocycles. The highest BCUT2D eigenvalue weighted by Crippen LogP contribution is 2.31. The van der Waals surface area contributed by atoms with Crippen molar-refractivity contribution in [2.75, 3.05) is 53.6 Å². The predicted molar refractivity (Wildman–Crippen MR) is 161 cm³/mol. The highest BCUT2D eigenvalue weighted by atomic mass is 32.2. The van der Waals surface area contributed by atoms with Crippen LogP contribution in [0, 0.1) is 5.92 Å². The van der Waals surface area contributed by atoms with Gasteiger partial charge in [0.15, 0.2) is 11.5 Å². The van der Waals surface area contributed by atoms with Crippen LogP contribution in [-0.4, -0.2) is 106 Å². The van der Waals surface area contributed by atoms with Gasteiger partial charge in [0.05, 0.1) is 51.0 Å². The van der Waals surface area contributed by atoms with Crippen molar-refractivity contribution in [1.29, 1.82) is 0 Å². The van der Waals surface area contributed by atoms with Crippen molar-refractivity contribution < 1.29 is 37.3 Å². The average Bonchev–Trinajstić information content (AvgIpc) is 3.51. The third kappa shape index (κ3) is 9.90. The van der Waals surface area contributed by atoms with E-state index in [-0.39, 0.29) is 55.2 Å². The lowest BCUT2D eigenvalue weighted by Gasteiger charge is -2.32. The second kappa shape index (κ2) is 16.0. The van der Waals surface area contributed by atoms with E-state index in [1.165, 1.54) is 36.7 Å². The number of nitrogens with one attached hydrogen (secondary N) is 1. The van der Waals surface area contributed by atoms with Crippen LogP contribution in [0.1, 0.15) is 25.8 Å². The van der Waals surface area contributed by atoms with Crippen molar-refractivity contribution in [3.05, 3.63) is 54.1 Å². The smallest absolute Gasteiger partial charge is 0.243 e. The summed E-state index contributed by atoms with van der Waals surface area (Å²) >= 11 is 0. The third-order valence-electron chi connectivity index (χ3n) is 7.19. The molecule has 0 bridgehead atoms. The summed E-state index contributed by atoms with van der Waals surface area (Å²) in [4.78, 5) is 26.7. The van der Waals surface area contributed by atoms with Gasteiger partial charge in [0, 0.05) is 31.8 Å². The number of carbonyl (C=O) groups is 2. The number of primary amides is 1. The van der Waals surface area contributed by atoms with Gasteiger partial charge in [0.1, 0.15) is 0 Å². The number of methoxy groups -OCH3 is 2. The minimum atomic E-state index is -4.08. The molecule has 1 heterocycles. The Morgan fingerprint density at radius 1 is 1.07 bits per heavy atom. The summed E-state index contributed by atoms with van der Waals surface area (Å²) in [5.41, 5.74) is 6.29. The van der Waals surface area contributed by atoms with Crippen LogP contribution in [0.4, 0.5) is 0 Å². The first-order valence-electron chi connectivity index (χ1n) is 14.3. The van der Waals surface area contributed by atoms with Crippen LogP contribution in [0.3, 0.4) is 0 Å². The van der Waals surface area contributed by atoms with Gasteiger partial charge in [-0.15, -0.1) is 0 Å². The molecule has 4 N–H and O–H groups in total. The molecule has 0 unspecified atom stereocenters. The number of amides is 2. The molecule has 12 nitrogen and oxygen atoms in total. The number of hydrogen-bond donors (Lipinski definition) is 3. The van der Waals surface area contributed by atoms with E-state index in [2.05, 4.69) is 5.32 Å². The van der Waals surface area contributed by atoms with E-state index in [0.29, 0.717) is 25.4 Å². The monoisotopic (exact) mass is 620 g/mol. The zero-order chi connectivity index (χ0) is 31.6. The van der Waals surface area contributed by atoms with Crippen LogP contribution in [0.25, 0.3) is 0 Å². The Bertz CT molecular complexity index is 1300. The third-order valence-corrected chi connectivity index (χ3v) is 9.02. The number of carbonyl (C=O) groups excluding carboxylic acids is 2. The number of sulfonamides is 1. The van der Waals surface area contributed by atoms with Crippen LogP contribution < -0.4 is 20.5 Å². The summed E-state index contributed by atoms with van der Waals surface area (Å²) < 4.78 is 44.9. The summed E-state index contributed by atoms with van der Waals surface area (Å²) in [5, 5.41) is 14.4. The van der Waals surface area contributed by atoms with Crippen LogP contribution >= 0.6 is 0 Å². The van der Waals surface area contributed by atoms with E-state index in [9.17, 15) is 23.1 Å². The number of rotatable bonds is 17. The van der Waals surface area contributed by atoms with E-state index >= 15 is 0 Å². The number of hydrogen-bond acceptors (Lipinski definition) is 9. The molecule has 2 aromatic carbocycles. The van der Waals surface area contributed by atoms with Crippen molar-refractivity contribution in [2.24, 2.45) is 11.7 Å². The van der Waals surface area contributed by atoms with Crippen molar-refractivity contribution in [2.45, 2.75) is 49.8 Å². The van der Waals surface area contributed by atoms with Crippen LogP contribution in [0.15, 0.2) is 53.4 Å². The Labute approximate surface area is 254 Å². The molecular formula is C30H44N4O8S. The van der Waals surface area contributed by atoms with Gasteiger partial charge in [-0.3, -0.25) is 14.5 Å². The van der Waals surface area contributed by atoms with Gasteiger partial charge < -0.3 is 30.4 Å². The molecule has 1 aliphatic rings. The molecule has 238 valence electrons. The normalized spacial score (nSPS) is 16.8. The van der Waals surface area contributed by atoms with Gasteiger partial charge in [-0.1, -0.05) is 44.2 Å². The van der Waals surface area contributed by atoms with Gasteiger partial charge in [0.2, 0.25) is 21.8 Å². The second-order valence-corrected chi connectivity index (χ2v) is 13.0. The maximum absolute atomic E-state index is 13.8. The van der Waals surface area contributed by atoms with E-state index < -0.39 is 34.0 Å². The van der Waals surface area contributed by atoms with Gasteiger partial charge in [-0.05, 0) is 36.5 Å². The maximum Gasteiger partial charge on any atom is 0.243 e. The van der Waals surface area contributed by atoms with Gasteiger partial charge in [0.25, 0.3) is 0 Å². The molecule has 1 aliphatic heterocycles. The maximum atomic E-state index is 13.8. The number of nitrogens with zero attached hydrogens (tertiary/aromatic N) is 2. The fourth-order valence-corrected chi connectivity index (χ4v) is 6.69. The van der Waals surface area contributed by atoms with E-state index in [1.807, 2.05) is 44.2 Å². The Kier molecular flexibility index (Phi) is 12.8. The minimum absolute atomic E-state index is 0.0116. The molecule has 3 atom stereocenters. The quantitative estimate of drug-likeness (QED) is 0.235. The molecule has 1 fully saturated rings. The lowest BCUT2D eigenvalue weighted by atomic mass is 10.0. The topological polar surface area (TPSA) is 161 Å². The number of nitrogens with two attached hydrogens (primary N) is 1. The van der Waals surface area contributed by atoms with Gasteiger partial charge in [-0.2, -0.15) is 4.31 Å². The number of aliphatic hydroxyl groups is 1. The molecule has 1 saturated heterocycles. The number of benzene rings is 2. The standard InChI is InChI=1S/C30H44N4O8S/c1-21(2)16-34(43(38,39)24-10-11-27(40-3)28(15-24)41-4)17-26(35)25(14-22-8-6-5-7-9-22)32-30(37)19-33(18-29(31)36)23-12-13-42-20-23/h5-11,15,21,23,25-26,35H,12-14,16-20H2,1-4H3,(H2,31,36)(H,32,37)/t23-,25+,26-/m1/s1. The van der Waals surface area contributed by atoms with Gasteiger partial charge >= 0.3 is 0 Å². The van der Waals surface area contributed by atoms with Crippen molar-refractivity contribution in [1.82, 2.24) is 14.5 Å². The Morgan fingerprint density at radius 3 is 2.35 bits per heavy atom. The largest absolute Gasteiger partial charge is 0.493 e. The number of ether oxygens (including phenoxy) is 3. The molecular weight excluding hydrogens is 576 g/mol. The zero-order valence-corrected chi connectivity index (χ0v) is 26.1. The molecule has 0 aliphatic carbocycles. The summed E-state index contributed by atoms with van der Waals surface area (Å²) in [7, 11) is -1.19. The minimum Gasteiger partial charge on any atom is -0.493 e. The highest BCUT2D eigenvalue weighted by molar-refractivity contribution is 7.89. The first-order valence-corrected chi connectivity index (χ1v) is 15.7. The zero-order valence-electron chi connectivity index (χ0n) is 25.3. The first kappa shape index (κ1) is 34.3. The van der Waals surface area contributed by atoms with E-state index in [1.54, 1.807) is 4.90 Å². The summed E-state index contributed by atoms with van der Waals surface area (Å²) in [6, 6.07) is 12.7. The lowest BCUT2D eigenvalue weighted by molar-refractivity contribution is -0.126. The Balaban J connectivity index is 1.86. The van der Waals surface area contributed by atoms with Crippen molar-refractivity contribution >= 4 is 21.8 Å². The first-order chi connectivity index (χ1) is 20.4. The molecule has 0 aromatic heterocycles. The average molecular weight is 621 g/mol. The summed E-state index contributed by atoms with van der Waals surface area (Å²) in [5.74, 6) is -0.398. The van der Waals surface area contributed by atoms with E-state index in [4.69, 9.17) is 19.9 Å². The number of aliphatic hydroxyl groups excluding tert-OH is 1. The molecule has 2 aromatic rings. The Morgan fingerprint density at radius 2 is 1.77 bits per heavy atom. The van der Waals surface area contributed by atoms with E-state index in [0.717, 1.165) is 5.56 Å².